The van der Waals surface area contributed by atoms with Crippen LogP contribution in [0.5, 0.6) is 0 Å². The van der Waals surface area contributed by atoms with Crippen LogP contribution in [0.25, 0.3) is 0 Å². The van der Waals surface area contributed by atoms with Gasteiger partial charge in [0.1, 0.15) is 4.88 Å². The molecule has 0 radical (unpaired) electrons. The first kappa shape index (κ1) is 14.6. The highest BCUT2D eigenvalue weighted by Gasteiger charge is 2.17. The van der Waals surface area contributed by atoms with E-state index < -0.39 is 5.97 Å². The van der Waals surface area contributed by atoms with Crippen LogP contribution in [0.2, 0.25) is 0 Å². The van der Waals surface area contributed by atoms with Crippen molar-refractivity contribution in [3.63, 3.8) is 0 Å². The first-order valence-electron chi connectivity index (χ1n) is 5.76. The van der Waals surface area contributed by atoms with Crippen LogP contribution in [-0.4, -0.2) is 33.1 Å². The number of carbonyl (C=O) groups is 2. The quantitative estimate of drug-likeness (QED) is 0.782. The number of carbonyl (C=O) groups excluding carboxylic acids is 1. The molecule has 1 aromatic heterocycles. The molecule has 2 N–H and O–H groups in total. The Labute approximate surface area is 110 Å². The average Bonchev–Trinajstić information content (AvgIpc) is 2.77. The van der Waals surface area contributed by atoms with Gasteiger partial charge in [-0.05, 0) is 29.8 Å². The Morgan fingerprint density at radius 2 is 2.22 bits per heavy atom. The van der Waals surface area contributed by atoms with E-state index in [4.69, 9.17) is 5.11 Å². The molecule has 1 amide bonds. The van der Waals surface area contributed by atoms with Crippen LogP contribution in [0, 0.1) is 11.8 Å². The van der Waals surface area contributed by atoms with Gasteiger partial charge in [0.25, 0.3) is 5.91 Å². The smallest absolute Gasteiger partial charge is 0.303 e. The summed E-state index contributed by atoms with van der Waals surface area (Å²) in [7, 11) is 0. The van der Waals surface area contributed by atoms with E-state index in [9.17, 15) is 9.59 Å². The van der Waals surface area contributed by atoms with Gasteiger partial charge in [-0.1, -0.05) is 18.3 Å². The lowest BCUT2D eigenvalue weighted by molar-refractivity contribution is -0.138. The molecule has 100 valence electrons. The monoisotopic (exact) mass is 271 g/mol. The lowest BCUT2D eigenvalue weighted by Crippen LogP contribution is -2.30. The fourth-order valence-electron chi connectivity index (χ4n) is 1.74. The molecule has 7 heteroatoms. The molecule has 0 unspecified atom stereocenters. The van der Waals surface area contributed by atoms with E-state index in [1.165, 1.54) is 6.20 Å². The van der Waals surface area contributed by atoms with Gasteiger partial charge in [0, 0.05) is 13.0 Å². The number of nitrogens with zero attached hydrogens (tertiary/aromatic N) is 2. The van der Waals surface area contributed by atoms with Crippen LogP contribution in [-0.2, 0) is 4.79 Å². The number of carboxylic acids is 1. The summed E-state index contributed by atoms with van der Waals surface area (Å²) in [5, 5.41) is 15.1. The number of rotatable bonds is 7. The number of hydrogen-bond donors (Lipinski definition) is 2. The molecule has 0 fully saturated rings. The predicted octanol–water partition coefficient (Wildman–Crippen LogP) is 1.40. The zero-order valence-corrected chi connectivity index (χ0v) is 11.2. The van der Waals surface area contributed by atoms with Crippen molar-refractivity contribution in [2.24, 2.45) is 11.8 Å². The number of hydrogen-bond acceptors (Lipinski definition) is 5. The van der Waals surface area contributed by atoms with Crippen molar-refractivity contribution >= 4 is 23.4 Å². The van der Waals surface area contributed by atoms with Gasteiger partial charge >= 0.3 is 5.97 Å². The van der Waals surface area contributed by atoms with Gasteiger partial charge in [0.05, 0.1) is 6.20 Å². The highest BCUT2D eigenvalue weighted by atomic mass is 32.1. The van der Waals surface area contributed by atoms with E-state index in [0.29, 0.717) is 17.3 Å². The fourth-order valence-corrected chi connectivity index (χ4v) is 2.18. The van der Waals surface area contributed by atoms with E-state index >= 15 is 0 Å². The highest BCUT2D eigenvalue weighted by molar-refractivity contribution is 7.07. The summed E-state index contributed by atoms with van der Waals surface area (Å²) in [5.41, 5.74) is 0. The largest absolute Gasteiger partial charge is 0.481 e. The second-order valence-electron chi connectivity index (χ2n) is 4.59. The summed E-state index contributed by atoms with van der Waals surface area (Å²) >= 11 is 1.02. The van der Waals surface area contributed by atoms with Crippen molar-refractivity contribution in [2.75, 3.05) is 6.54 Å². The summed E-state index contributed by atoms with van der Waals surface area (Å²) < 4.78 is 3.60. The minimum atomic E-state index is -0.839. The Morgan fingerprint density at radius 1 is 1.50 bits per heavy atom. The third kappa shape index (κ3) is 5.22. The summed E-state index contributed by atoms with van der Waals surface area (Å²) in [6.07, 6.45) is 2.24. The van der Waals surface area contributed by atoms with E-state index in [1.54, 1.807) is 0 Å². The van der Waals surface area contributed by atoms with Crippen molar-refractivity contribution in [3.8, 4) is 0 Å². The molecule has 0 saturated heterocycles. The molecule has 1 rings (SSSR count). The normalized spacial score (nSPS) is 12.4. The van der Waals surface area contributed by atoms with E-state index in [0.717, 1.165) is 18.0 Å². The topological polar surface area (TPSA) is 92.2 Å². The fraction of sp³-hybridized carbons (Fsp3) is 0.636. The molecule has 0 aliphatic rings. The third-order valence-electron chi connectivity index (χ3n) is 2.40. The van der Waals surface area contributed by atoms with Crippen LogP contribution in [0.15, 0.2) is 6.20 Å². The minimum absolute atomic E-state index is 0.0488. The molecule has 0 bridgehead atoms. The molecular formula is C11H17N3O3S. The van der Waals surface area contributed by atoms with Gasteiger partial charge in [0.15, 0.2) is 0 Å². The first-order valence-corrected chi connectivity index (χ1v) is 6.53. The van der Waals surface area contributed by atoms with E-state index in [1.807, 2.05) is 13.8 Å². The second kappa shape index (κ2) is 7.05. The Kier molecular flexibility index (Phi) is 5.70. The van der Waals surface area contributed by atoms with Crippen LogP contribution < -0.4 is 5.32 Å². The van der Waals surface area contributed by atoms with Gasteiger partial charge in [-0.2, -0.15) is 0 Å². The maximum Gasteiger partial charge on any atom is 0.303 e. The van der Waals surface area contributed by atoms with Crippen molar-refractivity contribution in [1.82, 2.24) is 14.9 Å². The number of carboxylic acid groups (broad SMARTS) is 1. The van der Waals surface area contributed by atoms with Crippen molar-refractivity contribution in [2.45, 2.75) is 26.7 Å². The number of aliphatic carboxylic acids is 1. The van der Waals surface area contributed by atoms with E-state index in [-0.39, 0.29) is 18.2 Å². The van der Waals surface area contributed by atoms with Crippen molar-refractivity contribution < 1.29 is 14.7 Å². The average molecular weight is 271 g/mol. The molecule has 0 aliphatic heterocycles. The third-order valence-corrected chi connectivity index (χ3v) is 3.07. The Hall–Kier alpha value is -1.50. The van der Waals surface area contributed by atoms with Gasteiger partial charge in [0.2, 0.25) is 0 Å². The van der Waals surface area contributed by atoms with Crippen LogP contribution in [0.3, 0.4) is 0 Å². The number of aromatic nitrogens is 2. The lowest BCUT2D eigenvalue weighted by atomic mass is 9.94. The van der Waals surface area contributed by atoms with Crippen molar-refractivity contribution in [3.05, 3.63) is 11.1 Å². The maximum atomic E-state index is 11.7. The Bertz CT molecular complexity index is 392. The molecule has 0 saturated carbocycles. The summed E-state index contributed by atoms with van der Waals surface area (Å²) in [6.45, 7) is 4.43. The zero-order valence-electron chi connectivity index (χ0n) is 10.4. The SMILES string of the molecule is CC(C)C[C@H](CNC(=O)c1cnns1)CC(=O)O. The Morgan fingerprint density at radius 3 is 2.72 bits per heavy atom. The summed E-state index contributed by atoms with van der Waals surface area (Å²) in [5.74, 6) is -0.734. The van der Waals surface area contributed by atoms with Gasteiger partial charge in [-0.3, -0.25) is 9.59 Å². The highest BCUT2D eigenvalue weighted by Crippen LogP contribution is 2.15. The molecule has 0 aliphatic carbocycles. The summed E-state index contributed by atoms with van der Waals surface area (Å²) in [4.78, 5) is 22.8. The molecule has 18 heavy (non-hydrogen) atoms. The zero-order chi connectivity index (χ0) is 13.5. The van der Waals surface area contributed by atoms with Crippen LogP contribution in [0.1, 0.15) is 36.4 Å². The Balaban J connectivity index is 2.45. The maximum absolute atomic E-state index is 11.7. The number of nitrogens with one attached hydrogen (secondary N) is 1. The van der Waals surface area contributed by atoms with Crippen LogP contribution in [0.4, 0.5) is 0 Å². The van der Waals surface area contributed by atoms with E-state index in [2.05, 4.69) is 14.9 Å². The molecule has 1 aromatic rings. The number of amides is 1. The molecule has 0 aromatic carbocycles. The molecule has 1 atom stereocenters. The molecule has 0 spiro atoms. The predicted molar refractivity (Wildman–Crippen MR) is 67.4 cm³/mol. The van der Waals surface area contributed by atoms with Crippen molar-refractivity contribution in [1.29, 1.82) is 0 Å². The standard InChI is InChI=1S/C11H17N3O3S/c1-7(2)3-8(4-10(15)16)5-12-11(17)9-6-13-14-18-9/h6-8H,3-5H2,1-2H3,(H,12,17)(H,15,16)/t8-/m0/s1. The van der Waals surface area contributed by atoms with Gasteiger partial charge in [-0.15, -0.1) is 5.10 Å². The summed E-state index contributed by atoms with van der Waals surface area (Å²) in [6, 6.07) is 0. The molecule has 6 nitrogen and oxygen atoms in total. The van der Waals surface area contributed by atoms with Crippen LogP contribution >= 0.6 is 11.5 Å². The molecule has 1 heterocycles. The molecular weight excluding hydrogens is 254 g/mol. The first-order chi connectivity index (χ1) is 8.49. The van der Waals surface area contributed by atoms with Gasteiger partial charge in [-0.25, -0.2) is 0 Å². The second-order valence-corrected chi connectivity index (χ2v) is 5.37. The minimum Gasteiger partial charge on any atom is -0.481 e. The lowest BCUT2D eigenvalue weighted by Gasteiger charge is -2.17. The van der Waals surface area contributed by atoms with Gasteiger partial charge < -0.3 is 10.4 Å².